The maximum atomic E-state index is 11.4. The van der Waals surface area contributed by atoms with Crippen LogP contribution in [0, 0.1) is 5.41 Å². The molecule has 0 aromatic carbocycles. The zero-order valence-corrected chi connectivity index (χ0v) is 9.98. The van der Waals surface area contributed by atoms with Crippen LogP contribution in [-0.4, -0.2) is 40.5 Å². The summed E-state index contributed by atoms with van der Waals surface area (Å²) < 4.78 is 30.6. The Balaban J connectivity index is 2.41. The molecule has 0 saturated carbocycles. The van der Waals surface area contributed by atoms with E-state index in [0.29, 0.717) is 6.54 Å². The van der Waals surface area contributed by atoms with Crippen molar-refractivity contribution in [2.24, 2.45) is 11.1 Å². The summed E-state index contributed by atoms with van der Waals surface area (Å²) in [4.78, 5) is 0. The molecule has 1 aliphatic heterocycles. The number of nitrogens with one attached hydrogen (secondary N) is 1. The molecular formula is C9H20N2O3S. The number of hydrogen-bond donors (Lipinski definition) is 2. The van der Waals surface area contributed by atoms with Crippen molar-refractivity contribution in [3.63, 3.8) is 0 Å². The van der Waals surface area contributed by atoms with Gasteiger partial charge in [-0.25, -0.2) is 13.1 Å². The molecule has 90 valence electrons. The van der Waals surface area contributed by atoms with E-state index < -0.39 is 10.0 Å². The van der Waals surface area contributed by atoms with E-state index in [1.807, 2.05) is 0 Å². The van der Waals surface area contributed by atoms with Gasteiger partial charge in [0.1, 0.15) is 0 Å². The van der Waals surface area contributed by atoms with E-state index in [4.69, 9.17) is 10.5 Å². The number of rotatable bonds is 5. The first kappa shape index (κ1) is 12.9. The molecule has 3 N–H and O–H groups in total. The van der Waals surface area contributed by atoms with Gasteiger partial charge in [-0.05, 0) is 18.3 Å². The highest BCUT2D eigenvalue weighted by Crippen LogP contribution is 2.28. The van der Waals surface area contributed by atoms with E-state index in [-0.39, 0.29) is 17.7 Å². The summed E-state index contributed by atoms with van der Waals surface area (Å²) in [7, 11) is -3.18. The zero-order valence-electron chi connectivity index (χ0n) is 9.16. The molecule has 15 heavy (non-hydrogen) atoms. The lowest BCUT2D eigenvalue weighted by Crippen LogP contribution is -2.41. The van der Waals surface area contributed by atoms with Crippen molar-refractivity contribution in [1.82, 2.24) is 4.72 Å². The van der Waals surface area contributed by atoms with E-state index in [2.05, 4.69) is 11.6 Å². The molecule has 5 nitrogen and oxygen atoms in total. The summed E-state index contributed by atoms with van der Waals surface area (Å²) in [5.74, 6) is -0.000417. The predicted molar refractivity (Wildman–Crippen MR) is 59.0 cm³/mol. The second-order valence-corrected chi connectivity index (χ2v) is 6.28. The van der Waals surface area contributed by atoms with Crippen molar-refractivity contribution in [2.75, 3.05) is 32.1 Å². The van der Waals surface area contributed by atoms with Gasteiger partial charge in [0, 0.05) is 26.3 Å². The molecule has 1 fully saturated rings. The van der Waals surface area contributed by atoms with Gasteiger partial charge in [0.15, 0.2) is 0 Å². The van der Waals surface area contributed by atoms with Crippen molar-refractivity contribution in [3.8, 4) is 0 Å². The van der Waals surface area contributed by atoms with Gasteiger partial charge in [-0.2, -0.15) is 0 Å². The lowest BCUT2D eigenvalue weighted by molar-refractivity contribution is 0.0265. The van der Waals surface area contributed by atoms with Crippen LogP contribution in [0.3, 0.4) is 0 Å². The molecule has 0 radical (unpaired) electrons. The molecule has 1 heterocycles. The van der Waals surface area contributed by atoms with Crippen molar-refractivity contribution < 1.29 is 13.2 Å². The smallest absolute Gasteiger partial charge is 0.212 e. The van der Waals surface area contributed by atoms with Crippen LogP contribution in [-0.2, 0) is 14.8 Å². The van der Waals surface area contributed by atoms with Crippen LogP contribution in [0.5, 0.6) is 0 Å². The molecule has 1 saturated heterocycles. The van der Waals surface area contributed by atoms with Crippen LogP contribution in [0.4, 0.5) is 0 Å². The third kappa shape index (κ3) is 4.46. The molecule has 6 heteroatoms. The fourth-order valence-corrected chi connectivity index (χ4v) is 2.58. The third-order valence-corrected chi connectivity index (χ3v) is 4.16. The summed E-state index contributed by atoms with van der Waals surface area (Å²) in [6, 6.07) is 0. The maximum Gasteiger partial charge on any atom is 0.212 e. The summed E-state index contributed by atoms with van der Waals surface area (Å²) in [5.41, 5.74) is 5.24. The molecule has 0 aromatic rings. The minimum absolute atomic E-state index is 0.000417. The highest BCUT2D eigenvalue weighted by Gasteiger charge is 2.28. The number of hydrogen-bond acceptors (Lipinski definition) is 4. The van der Waals surface area contributed by atoms with E-state index in [9.17, 15) is 8.42 Å². The van der Waals surface area contributed by atoms with Crippen LogP contribution in [0.1, 0.15) is 19.8 Å². The molecule has 0 aromatic heterocycles. The average Bonchev–Trinajstić information content (AvgIpc) is 2.17. The summed E-state index contributed by atoms with van der Waals surface area (Å²) in [6.45, 7) is 4.17. The summed E-state index contributed by atoms with van der Waals surface area (Å²) >= 11 is 0. The van der Waals surface area contributed by atoms with E-state index in [0.717, 1.165) is 26.1 Å². The fraction of sp³-hybridized carbons (Fsp3) is 1.00. The normalized spacial score (nSPS) is 21.5. The Labute approximate surface area is 91.4 Å². The van der Waals surface area contributed by atoms with Gasteiger partial charge in [0.25, 0.3) is 0 Å². The van der Waals surface area contributed by atoms with Crippen LogP contribution < -0.4 is 10.5 Å². The molecule has 1 aliphatic rings. The molecule has 1 rings (SSSR count). The van der Waals surface area contributed by atoms with Crippen LogP contribution in [0.25, 0.3) is 0 Å². The highest BCUT2D eigenvalue weighted by molar-refractivity contribution is 7.89. The SMILES string of the molecule is CC1(CNS(=O)(=O)CCN)CCOCC1. The number of nitrogens with two attached hydrogens (primary N) is 1. The Kier molecular flexibility index (Phi) is 4.51. The summed E-state index contributed by atoms with van der Waals surface area (Å²) in [6.07, 6.45) is 1.80. The maximum absolute atomic E-state index is 11.4. The van der Waals surface area contributed by atoms with Gasteiger partial charge in [0.05, 0.1) is 5.75 Å². The Morgan fingerprint density at radius 2 is 2.00 bits per heavy atom. The molecular weight excluding hydrogens is 216 g/mol. The second kappa shape index (κ2) is 5.25. The van der Waals surface area contributed by atoms with Crippen molar-refractivity contribution in [1.29, 1.82) is 0 Å². The molecule has 0 spiro atoms. The van der Waals surface area contributed by atoms with Gasteiger partial charge < -0.3 is 10.5 Å². The first-order chi connectivity index (χ1) is 6.97. The monoisotopic (exact) mass is 236 g/mol. The molecule has 0 unspecified atom stereocenters. The number of sulfonamides is 1. The molecule has 0 aliphatic carbocycles. The highest BCUT2D eigenvalue weighted by atomic mass is 32.2. The topological polar surface area (TPSA) is 81.4 Å². The van der Waals surface area contributed by atoms with Crippen molar-refractivity contribution in [3.05, 3.63) is 0 Å². The van der Waals surface area contributed by atoms with Gasteiger partial charge in [0.2, 0.25) is 10.0 Å². The van der Waals surface area contributed by atoms with E-state index in [1.54, 1.807) is 0 Å². The quantitative estimate of drug-likeness (QED) is 0.685. The van der Waals surface area contributed by atoms with Gasteiger partial charge in [-0.1, -0.05) is 6.92 Å². The molecule has 0 bridgehead atoms. The lowest BCUT2D eigenvalue weighted by atomic mass is 9.83. The van der Waals surface area contributed by atoms with Crippen LogP contribution in [0.15, 0.2) is 0 Å². The predicted octanol–water partition coefficient (Wildman–Crippen LogP) is -0.319. The fourth-order valence-electron chi connectivity index (χ4n) is 1.55. The first-order valence-electron chi connectivity index (χ1n) is 5.23. The van der Waals surface area contributed by atoms with Crippen molar-refractivity contribution in [2.45, 2.75) is 19.8 Å². The largest absolute Gasteiger partial charge is 0.381 e. The molecule has 0 atom stereocenters. The van der Waals surface area contributed by atoms with Crippen LogP contribution in [0.2, 0.25) is 0 Å². The van der Waals surface area contributed by atoms with Crippen molar-refractivity contribution >= 4 is 10.0 Å². The van der Waals surface area contributed by atoms with Gasteiger partial charge in [-0.3, -0.25) is 0 Å². The minimum atomic E-state index is -3.18. The Bertz CT molecular complexity index is 284. The van der Waals surface area contributed by atoms with E-state index in [1.165, 1.54) is 0 Å². The lowest BCUT2D eigenvalue weighted by Gasteiger charge is -2.33. The number of ether oxygens (including phenoxy) is 1. The van der Waals surface area contributed by atoms with Gasteiger partial charge >= 0.3 is 0 Å². The standard InChI is InChI=1S/C9H20N2O3S/c1-9(2-5-14-6-3-9)8-11-15(12,13)7-4-10/h11H,2-8,10H2,1H3. The Morgan fingerprint density at radius 3 is 2.53 bits per heavy atom. The zero-order chi connectivity index (χ0) is 11.4. The van der Waals surface area contributed by atoms with Gasteiger partial charge in [-0.15, -0.1) is 0 Å². The second-order valence-electron chi connectivity index (χ2n) is 4.35. The Hall–Kier alpha value is -0.170. The van der Waals surface area contributed by atoms with Crippen LogP contribution >= 0.6 is 0 Å². The van der Waals surface area contributed by atoms with E-state index >= 15 is 0 Å². The summed E-state index contributed by atoms with van der Waals surface area (Å²) in [5, 5.41) is 0. The molecule has 0 amide bonds. The average molecular weight is 236 g/mol. The first-order valence-corrected chi connectivity index (χ1v) is 6.88. The third-order valence-electron chi connectivity index (χ3n) is 2.81. The minimum Gasteiger partial charge on any atom is -0.381 e. The Morgan fingerprint density at radius 1 is 1.40 bits per heavy atom.